The fraction of sp³-hybridized carbons (Fsp3) is 0.500. The highest BCUT2D eigenvalue weighted by Gasteiger charge is 2.10. The van der Waals surface area contributed by atoms with Crippen LogP contribution in [0.3, 0.4) is 0 Å². The Morgan fingerprint density at radius 3 is 2.63 bits per heavy atom. The van der Waals surface area contributed by atoms with E-state index >= 15 is 0 Å². The Kier molecular flexibility index (Phi) is 5.63. The summed E-state index contributed by atoms with van der Waals surface area (Å²) in [4.78, 5) is 15.3. The highest BCUT2D eigenvalue weighted by molar-refractivity contribution is 5.73. The van der Waals surface area contributed by atoms with Crippen LogP contribution in [0.1, 0.15) is 12.5 Å². The van der Waals surface area contributed by atoms with Crippen LogP contribution in [-0.4, -0.2) is 49.8 Å². The summed E-state index contributed by atoms with van der Waals surface area (Å²) in [6, 6.07) is 7.81. The number of hydrogen-bond acceptors (Lipinski definition) is 3. The molecule has 0 radical (unpaired) electrons. The van der Waals surface area contributed by atoms with Gasteiger partial charge in [0.05, 0.1) is 6.10 Å². The van der Waals surface area contributed by atoms with E-state index in [9.17, 15) is 9.90 Å². The van der Waals surface area contributed by atoms with Crippen molar-refractivity contribution in [3.8, 4) is 0 Å². The van der Waals surface area contributed by atoms with E-state index in [1.165, 1.54) is 4.90 Å². The van der Waals surface area contributed by atoms with Crippen LogP contribution in [0.15, 0.2) is 24.3 Å². The molecule has 0 heterocycles. The third kappa shape index (κ3) is 5.18. The van der Waals surface area contributed by atoms with Gasteiger partial charge in [0, 0.05) is 39.9 Å². The molecule has 5 heteroatoms. The number of nitrogens with zero attached hydrogens (tertiary/aromatic N) is 2. The van der Waals surface area contributed by atoms with E-state index in [1.54, 1.807) is 14.0 Å². The summed E-state index contributed by atoms with van der Waals surface area (Å²) in [6.45, 7) is 2.46. The predicted octanol–water partition coefficient (Wildman–Crippen LogP) is 1.27. The van der Waals surface area contributed by atoms with Crippen molar-refractivity contribution >= 4 is 11.7 Å². The quantitative estimate of drug-likeness (QED) is 0.843. The zero-order valence-corrected chi connectivity index (χ0v) is 12.1. The van der Waals surface area contributed by atoms with Crippen molar-refractivity contribution in [3.63, 3.8) is 0 Å². The number of anilines is 1. The molecule has 1 atom stereocenters. The topological polar surface area (TPSA) is 55.8 Å². The number of aliphatic hydroxyl groups excluding tert-OH is 1. The molecule has 0 spiro atoms. The Labute approximate surface area is 114 Å². The van der Waals surface area contributed by atoms with Crippen LogP contribution in [0.4, 0.5) is 10.5 Å². The van der Waals surface area contributed by atoms with Crippen molar-refractivity contribution in [1.82, 2.24) is 10.2 Å². The summed E-state index contributed by atoms with van der Waals surface area (Å²) in [5, 5.41) is 12.1. The van der Waals surface area contributed by atoms with Crippen molar-refractivity contribution < 1.29 is 9.90 Å². The van der Waals surface area contributed by atoms with E-state index in [-0.39, 0.29) is 6.03 Å². The van der Waals surface area contributed by atoms with Gasteiger partial charge in [0.1, 0.15) is 0 Å². The van der Waals surface area contributed by atoms with Crippen molar-refractivity contribution in [3.05, 3.63) is 29.8 Å². The van der Waals surface area contributed by atoms with Gasteiger partial charge in [0.25, 0.3) is 0 Å². The van der Waals surface area contributed by atoms with Crippen molar-refractivity contribution in [2.24, 2.45) is 0 Å². The molecule has 1 aromatic rings. The average Bonchev–Trinajstić information content (AvgIpc) is 2.35. The lowest BCUT2D eigenvalue weighted by Crippen LogP contribution is -2.40. The van der Waals surface area contributed by atoms with E-state index < -0.39 is 6.10 Å². The number of carbonyl (C=O) groups excluding carboxylic acids is 1. The summed E-state index contributed by atoms with van der Waals surface area (Å²) in [5.41, 5.74) is 2.15. The maximum atomic E-state index is 11.8. The second-order valence-electron chi connectivity index (χ2n) is 4.95. The Balaban J connectivity index is 2.52. The lowest BCUT2D eigenvalue weighted by Gasteiger charge is -2.19. The summed E-state index contributed by atoms with van der Waals surface area (Å²) in [7, 11) is 5.63. The fourth-order valence-electron chi connectivity index (χ4n) is 1.74. The second-order valence-corrected chi connectivity index (χ2v) is 4.95. The maximum absolute atomic E-state index is 11.8. The van der Waals surface area contributed by atoms with E-state index in [4.69, 9.17) is 0 Å². The molecule has 106 valence electrons. The normalized spacial score (nSPS) is 11.8. The molecule has 0 saturated heterocycles. The molecule has 0 aromatic heterocycles. The number of benzene rings is 1. The van der Waals surface area contributed by atoms with E-state index in [0.717, 1.165) is 11.3 Å². The van der Waals surface area contributed by atoms with Crippen LogP contribution >= 0.6 is 0 Å². The number of aliphatic hydroxyl groups is 1. The van der Waals surface area contributed by atoms with E-state index in [2.05, 4.69) is 5.32 Å². The van der Waals surface area contributed by atoms with Crippen molar-refractivity contribution in [2.45, 2.75) is 19.6 Å². The number of rotatable bonds is 5. The van der Waals surface area contributed by atoms with Gasteiger partial charge in [-0.3, -0.25) is 0 Å². The molecule has 0 aliphatic heterocycles. The third-order valence-corrected chi connectivity index (χ3v) is 2.76. The van der Waals surface area contributed by atoms with Gasteiger partial charge in [-0.15, -0.1) is 0 Å². The smallest absolute Gasteiger partial charge is 0.317 e. The van der Waals surface area contributed by atoms with Crippen LogP contribution in [0.2, 0.25) is 0 Å². The lowest BCUT2D eigenvalue weighted by molar-refractivity contribution is 0.143. The van der Waals surface area contributed by atoms with Crippen molar-refractivity contribution in [1.29, 1.82) is 0 Å². The van der Waals surface area contributed by atoms with Gasteiger partial charge in [0.2, 0.25) is 0 Å². The second kappa shape index (κ2) is 6.99. The average molecular weight is 265 g/mol. The Morgan fingerprint density at radius 1 is 1.37 bits per heavy atom. The summed E-state index contributed by atoms with van der Waals surface area (Å²) >= 11 is 0. The molecule has 0 fully saturated rings. The first-order valence-corrected chi connectivity index (χ1v) is 6.33. The SMILES string of the molecule is CC(O)CN(C)C(=O)NCc1cccc(N(C)C)c1. The van der Waals surface area contributed by atoms with Gasteiger partial charge in [-0.1, -0.05) is 12.1 Å². The largest absolute Gasteiger partial charge is 0.392 e. The number of likely N-dealkylation sites (N-methyl/N-ethyl adjacent to an activating group) is 1. The molecule has 1 aromatic carbocycles. The van der Waals surface area contributed by atoms with Gasteiger partial charge in [-0.2, -0.15) is 0 Å². The molecule has 19 heavy (non-hydrogen) atoms. The van der Waals surface area contributed by atoms with Crippen LogP contribution in [-0.2, 0) is 6.54 Å². The fourth-order valence-corrected chi connectivity index (χ4v) is 1.74. The van der Waals surface area contributed by atoms with Crippen LogP contribution in [0.5, 0.6) is 0 Å². The molecule has 5 nitrogen and oxygen atoms in total. The molecule has 2 N–H and O–H groups in total. The molecule has 0 aliphatic rings. The van der Waals surface area contributed by atoms with Gasteiger partial charge < -0.3 is 20.2 Å². The highest BCUT2D eigenvalue weighted by Crippen LogP contribution is 2.13. The minimum atomic E-state index is -0.521. The van der Waals surface area contributed by atoms with Crippen LogP contribution in [0, 0.1) is 0 Å². The van der Waals surface area contributed by atoms with Gasteiger partial charge in [-0.25, -0.2) is 4.79 Å². The van der Waals surface area contributed by atoms with E-state index in [1.807, 2.05) is 43.3 Å². The first-order valence-electron chi connectivity index (χ1n) is 6.33. The zero-order chi connectivity index (χ0) is 14.4. The Hall–Kier alpha value is -1.75. The molecule has 0 aliphatic carbocycles. The minimum Gasteiger partial charge on any atom is -0.392 e. The Bertz CT molecular complexity index is 419. The third-order valence-electron chi connectivity index (χ3n) is 2.76. The van der Waals surface area contributed by atoms with Crippen molar-refractivity contribution in [2.75, 3.05) is 32.6 Å². The first-order chi connectivity index (χ1) is 8.90. The molecule has 2 amide bonds. The summed E-state index contributed by atoms with van der Waals surface area (Å²) in [6.07, 6.45) is -0.521. The number of carbonyl (C=O) groups is 1. The van der Waals surface area contributed by atoms with E-state index in [0.29, 0.717) is 13.1 Å². The summed E-state index contributed by atoms with van der Waals surface area (Å²) < 4.78 is 0. The van der Waals surface area contributed by atoms with Gasteiger partial charge >= 0.3 is 6.03 Å². The zero-order valence-electron chi connectivity index (χ0n) is 12.1. The summed E-state index contributed by atoms with van der Waals surface area (Å²) in [5.74, 6) is 0. The number of amides is 2. The molecule has 1 rings (SSSR count). The predicted molar refractivity (Wildman–Crippen MR) is 77.3 cm³/mol. The lowest BCUT2D eigenvalue weighted by atomic mass is 10.2. The molecular weight excluding hydrogens is 242 g/mol. The van der Waals surface area contributed by atoms with Gasteiger partial charge in [0.15, 0.2) is 0 Å². The van der Waals surface area contributed by atoms with Gasteiger partial charge in [-0.05, 0) is 24.6 Å². The van der Waals surface area contributed by atoms with Crippen LogP contribution in [0.25, 0.3) is 0 Å². The maximum Gasteiger partial charge on any atom is 0.317 e. The monoisotopic (exact) mass is 265 g/mol. The molecule has 0 bridgehead atoms. The highest BCUT2D eigenvalue weighted by atomic mass is 16.3. The number of nitrogens with one attached hydrogen (secondary N) is 1. The molecular formula is C14H23N3O2. The minimum absolute atomic E-state index is 0.184. The standard InChI is InChI=1S/C14H23N3O2/c1-11(18)10-17(4)14(19)15-9-12-6-5-7-13(8-12)16(2)3/h5-8,11,18H,9-10H2,1-4H3,(H,15,19). The molecule has 1 unspecified atom stereocenters. The Morgan fingerprint density at radius 2 is 2.05 bits per heavy atom. The molecule has 0 saturated carbocycles. The number of hydrogen-bond donors (Lipinski definition) is 2. The number of urea groups is 1. The first kappa shape index (κ1) is 15.3. The van der Waals surface area contributed by atoms with Crippen LogP contribution < -0.4 is 10.2 Å².